The molecule has 0 spiro atoms. The van der Waals surface area contributed by atoms with Crippen molar-refractivity contribution in [3.05, 3.63) is 17.2 Å². The summed E-state index contributed by atoms with van der Waals surface area (Å²) in [4.78, 5) is 4.21. The van der Waals surface area contributed by atoms with Crippen LogP contribution in [0.25, 0.3) is 0 Å². The molecule has 0 bridgehead atoms. The average molecular weight is 200 g/mol. The number of aromatic nitrogens is 2. The normalized spacial score (nSPS) is 26.4. The van der Waals surface area contributed by atoms with Crippen LogP contribution in [0.2, 0.25) is 5.15 Å². The molecule has 0 aliphatic heterocycles. The smallest absolute Gasteiger partial charge is 0.128 e. The first kappa shape index (κ1) is 9.03. The lowest BCUT2D eigenvalue weighted by Crippen LogP contribution is -2.19. The van der Waals surface area contributed by atoms with E-state index in [0.717, 1.165) is 18.3 Å². The number of imidazole rings is 1. The zero-order chi connectivity index (χ0) is 9.42. The molecule has 2 atom stereocenters. The van der Waals surface area contributed by atoms with Gasteiger partial charge in [0.2, 0.25) is 0 Å². The predicted molar refractivity (Wildman–Crippen MR) is 52.6 cm³/mol. The Morgan fingerprint density at radius 2 is 2.46 bits per heavy atom. The molecule has 1 aliphatic rings. The van der Waals surface area contributed by atoms with Crippen LogP contribution < -0.4 is 5.32 Å². The number of rotatable bonds is 3. The Kier molecular flexibility index (Phi) is 2.30. The van der Waals surface area contributed by atoms with Crippen molar-refractivity contribution in [1.29, 1.82) is 0 Å². The van der Waals surface area contributed by atoms with Crippen LogP contribution in [0.15, 0.2) is 6.20 Å². The van der Waals surface area contributed by atoms with Crippen LogP contribution in [0, 0.1) is 5.92 Å². The van der Waals surface area contributed by atoms with Gasteiger partial charge >= 0.3 is 0 Å². The molecule has 2 rings (SSSR count). The summed E-state index contributed by atoms with van der Waals surface area (Å²) in [7, 11) is 1.93. The second-order valence-electron chi connectivity index (χ2n) is 3.76. The number of nitrogens with zero attached hydrogens (tertiary/aromatic N) is 2. The zero-order valence-corrected chi connectivity index (χ0v) is 8.67. The Morgan fingerprint density at radius 1 is 1.77 bits per heavy atom. The molecule has 1 N–H and O–H groups in total. The number of halogens is 1. The fourth-order valence-corrected chi connectivity index (χ4v) is 1.56. The average Bonchev–Trinajstić information content (AvgIpc) is 2.72. The highest BCUT2D eigenvalue weighted by Gasteiger charge is 2.31. The first-order chi connectivity index (χ1) is 6.18. The van der Waals surface area contributed by atoms with E-state index in [0.29, 0.717) is 11.2 Å². The van der Waals surface area contributed by atoms with Crippen LogP contribution in [0.5, 0.6) is 0 Å². The molecule has 72 valence electrons. The van der Waals surface area contributed by atoms with E-state index >= 15 is 0 Å². The fraction of sp³-hybridized carbons (Fsp3) is 0.667. The highest BCUT2D eigenvalue weighted by Crippen LogP contribution is 2.29. The number of hydrogen-bond acceptors (Lipinski definition) is 2. The second kappa shape index (κ2) is 3.31. The lowest BCUT2D eigenvalue weighted by Gasteiger charge is -2.03. The first-order valence-electron chi connectivity index (χ1n) is 4.58. The van der Waals surface area contributed by atoms with Gasteiger partial charge in [0.25, 0.3) is 0 Å². The molecule has 4 heteroatoms. The summed E-state index contributed by atoms with van der Waals surface area (Å²) in [5.74, 6) is 1.83. The van der Waals surface area contributed by atoms with E-state index in [4.69, 9.17) is 11.6 Å². The Hall–Kier alpha value is -0.540. The van der Waals surface area contributed by atoms with Crippen molar-refractivity contribution in [3.63, 3.8) is 0 Å². The first-order valence-corrected chi connectivity index (χ1v) is 4.95. The van der Waals surface area contributed by atoms with Gasteiger partial charge in [-0.05, 0) is 12.3 Å². The monoisotopic (exact) mass is 199 g/mol. The molecule has 1 saturated carbocycles. The summed E-state index contributed by atoms with van der Waals surface area (Å²) in [6.07, 6.45) is 2.98. The van der Waals surface area contributed by atoms with Crippen LogP contribution >= 0.6 is 11.6 Å². The van der Waals surface area contributed by atoms with Gasteiger partial charge in [0.1, 0.15) is 11.0 Å². The largest absolute Gasteiger partial charge is 0.321 e. The molecule has 3 nitrogen and oxygen atoms in total. The van der Waals surface area contributed by atoms with E-state index in [9.17, 15) is 0 Å². The fourth-order valence-electron chi connectivity index (χ4n) is 1.42. The third-order valence-electron chi connectivity index (χ3n) is 2.66. The van der Waals surface area contributed by atoms with Gasteiger partial charge in [-0.15, -0.1) is 0 Å². The molecule has 0 amide bonds. The minimum atomic E-state index is 0.690. The summed E-state index contributed by atoms with van der Waals surface area (Å²) in [5, 5.41) is 4.13. The van der Waals surface area contributed by atoms with Crippen molar-refractivity contribution in [2.45, 2.75) is 25.9 Å². The topological polar surface area (TPSA) is 29.9 Å². The Balaban J connectivity index is 1.90. The summed E-state index contributed by atoms with van der Waals surface area (Å²) >= 11 is 5.86. The zero-order valence-electron chi connectivity index (χ0n) is 7.92. The quantitative estimate of drug-likeness (QED) is 0.801. The van der Waals surface area contributed by atoms with Crippen molar-refractivity contribution in [3.8, 4) is 0 Å². The molecule has 1 fully saturated rings. The third kappa shape index (κ3) is 1.86. The van der Waals surface area contributed by atoms with Gasteiger partial charge in [-0.2, -0.15) is 0 Å². The van der Waals surface area contributed by atoms with E-state index in [1.807, 2.05) is 11.6 Å². The number of nitrogens with one attached hydrogen (secondary N) is 1. The molecule has 1 heterocycles. The maximum absolute atomic E-state index is 5.86. The maximum Gasteiger partial charge on any atom is 0.128 e. The molecule has 0 saturated heterocycles. The van der Waals surface area contributed by atoms with Crippen molar-refractivity contribution in [2.75, 3.05) is 0 Å². The molecular formula is C9H14ClN3. The molecule has 1 aromatic rings. The molecule has 13 heavy (non-hydrogen) atoms. The summed E-state index contributed by atoms with van der Waals surface area (Å²) in [5.41, 5.74) is 0. The van der Waals surface area contributed by atoms with Crippen molar-refractivity contribution < 1.29 is 0 Å². The van der Waals surface area contributed by atoms with Crippen LogP contribution in [-0.4, -0.2) is 15.6 Å². The standard InChI is InChI=1S/C9H14ClN3/c1-6-3-7(6)11-5-9-12-4-8(10)13(9)2/h4,6-7,11H,3,5H2,1-2H3. The molecule has 1 aliphatic carbocycles. The predicted octanol–water partition coefficient (Wildman–Crippen LogP) is 1.57. The van der Waals surface area contributed by atoms with Crippen LogP contribution in [0.1, 0.15) is 19.2 Å². The summed E-state index contributed by atoms with van der Waals surface area (Å²) in [6, 6.07) is 0.690. The molecule has 0 radical (unpaired) electrons. The van der Waals surface area contributed by atoms with E-state index in [-0.39, 0.29) is 0 Å². The molecular weight excluding hydrogens is 186 g/mol. The van der Waals surface area contributed by atoms with Gasteiger partial charge in [-0.1, -0.05) is 18.5 Å². The highest BCUT2D eigenvalue weighted by molar-refractivity contribution is 6.29. The van der Waals surface area contributed by atoms with Crippen LogP contribution in [-0.2, 0) is 13.6 Å². The van der Waals surface area contributed by atoms with Crippen molar-refractivity contribution in [2.24, 2.45) is 13.0 Å². The highest BCUT2D eigenvalue weighted by atomic mass is 35.5. The van der Waals surface area contributed by atoms with Gasteiger partial charge in [0.15, 0.2) is 0 Å². The Labute approximate surface area is 83.1 Å². The number of hydrogen-bond donors (Lipinski definition) is 1. The van der Waals surface area contributed by atoms with E-state index in [1.54, 1.807) is 6.20 Å². The van der Waals surface area contributed by atoms with Crippen molar-refractivity contribution >= 4 is 11.6 Å². The van der Waals surface area contributed by atoms with E-state index in [1.165, 1.54) is 6.42 Å². The molecule has 0 aromatic carbocycles. The third-order valence-corrected chi connectivity index (χ3v) is 3.01. The SMILES string of the molecule is CC1CC1NCc1ncc(Cl)n1C. The minimum absolute atomic E-state index is 0.690. The van der Waals surface area contributed by atoms with Gasteiger partial charge in [-0.25, -0.2) is 4.98 Å². The van der Waals surface area contributed by atoms with E-state index in [2.05, 4.69) is 17.2 Å². The minimum Gasteiger partial charge on any atom is -0.321 e. The molecule has 1 aromatic heterocycles. The summed E-state index contributed by atoms with van der Waals surface area (Å²) in [6.45, 7) is 3.07. The lowest BCUT2D eigenvalue weighted by molar-refractivity contribution is 0.612. The van der Waals surface area contributed by atoms with Crippen LogP contribution in [0.4, 0.5) is 0 Å². The van der Waals surface area contributed by atoms with Gasteiger partial charge in [-0.3, -0.25) is 0 Å². The second-order valence-corrected chi connectivity index (χ2v) is 4.14. The maximum atomic E-state index is 5.86. The van der Waals surface area contributed by atoms with Gasteiger partial charge in [0, 0.05) is 13.1 Å². The summed E-state index contributed by atoms with van der Waals surface area (Å²) < 4.78 is 1.90. The Bertz CT molecular complexity index is 308. The Morgan fingerprint density at radius 3 is 2.92 bits per heavy atom. The van der Waals surface area contributed by atoms with Gasteiger partial charge in [0.05, 0.1) is 12.7 Å². The lowest BCUT2D eigenvalue weighted by atomic mass is 10.4. The van der Waals surface area contributed by atoms with Crippen molar-refractivity contribution in [1.82, 2.24) is 14.9 Å². The van der Waals surface area contributed by atoms with Crippen LogP contribution in [0.3, 0.4) is 0 Å². The molecule has 2 unspecified atom stereocenters. The van der Waals surface area contributed by atoms with Gasteiger partial charge < -0.3 is 9.88 Å². The van der Waals surface area contributed by atoms with E-state index < -0.39 is 0 Å².